The summed E-state index contributed by atoms with van der Waals surface area (Å²) in [7, 11) is -0.0131. The first kappa shape index (κ1) is 17.8. The lowest BCUT2D eigenvalue weighted by Crippen LogP contribution is -2.40. The normalized spacial score (nSPS) is 30.5. The molecule has 5 atom stereocenters. The Kier molecular flexibility index (Phi) is 5.46. The molecule has 0 bridgehead atoms. The van der Waals surface area contributed by atoms with Crippen LogP contribution in [0.5, 0.6) is 0 Å². The molecule has 0 amide bonds. The summed E-state index contributed by atoms with van der Waals surface area (Å²) in [4.78, 5) is 1.17. The molecule has 2 aromatic rings. The van der Waals surface area contributed by atoms with Gasteiger partial charge in [0.25, 0.3) is 0 Å². The largest absolute Gasteiger partial charge is 0.387 e. The minimum atomic E-state index is -0.364. The van der Waals surface area contributed by atoms with E-state index < -0.39 is 0 Å². The molecule has 2 fully saturated rings. The number of fused-ring (bicyclic) bond motifs is 1. The summed E-state index contributed by atoms with van der Waals surface area (Å²) < 4.78 is 12.6. The van der Waals surface area contributed by atoms with Crippen molar-refractivity contribution in [2.24, 2.45) is 0 Å². The molecule has 136 valence electrons. The zero-order valence-corrected chi connectivity index (χ0v) is 15.6. The Bertz CT molecular complexity index is 734. The smallest absolute Gasteiger partial charge is 0.178 e. The Labute approximate surface area is 158 Å². The molecule has 26 heavy (non-hydrogen) atoms. The third-order valence-electron chi connectivity index (χ3n) is 5.14. The van der Waals surface area contributed by atoms with Crippen LogP contribution in [0.1, 0.15) is 17.5 Å². The van der Waals surface area contributed by atoms with Gasteiger partial charge in [0.2, 0.25) is 0 Å². The van der Waals surface area contributed by atoms with Crippen LogP contribution in [0, 0.1) is 0 Å². The van der Waals surface area contributed by atoms with Crippen molar-refractivity contribution in [1.29, 1.82) is 0 Å². The molecule has 0 aromatic heterocycles. The third-order valence-corrected chi connectivity index (χ3v) is 7.98. The number of hydrogen-bond donors (Lipinski definition) is 1. The molecule has 1 N–H and O–H groups in total. The van der Waals surface area contributed by atoms with E-state index in [4.69, 9.17) is 9.47 Å². The van der Waals surface area contributed by atoms with Crippen molar-refractivity contribution < 1.29 is 14.6 Å². The first-order valence-electron chi connectivity index (χ1n) is 9.09. The molecule has 0 spiro atoms. The highest BCUT2D eigenvalue weighted by molar-refractivity contribution is 8.01. The van der Waals surface area contributed by atoms with E-state index in [0.717, 1.165) is 16.9 Å². The van der Waals surface area contributed by atoms with Gasteiger partial charge >= 0.3 is 0 Å². The number of rotatable bonds is 6. The van der Waals surface area contributed by atoms with Gasteiger partial charge in [-0.2, -0.15) is 0 Å². The van der Waals surface area contributed by atoms with Crippen LogP contribution in [0.15, 0.2) is 72.1 Å². The monoisotopic (exact) mass is 369 g/mol. The molecular weight excluding hydrogens is 344 g/mol. The van der Waals surface area contributed by atoms with E-state index in [1.54, 1.807) is 0 Å². The first-order chi connectivity index (χ1) is 12.7. The van der Waals surface area contributed by atoms with Gasteiger partial charge in [-0.3, -0.25) is 0 Å². The summed E-state index contributed by atoms with van der Waals surface area (Å²) in [5, 5.41) is 10.7. The SMILES string of the molecule is C=C1C[C@H](O)[C@@H]2[C@@H](OCc3ccccc3)[C@H](OCc3ccccc3)C[S+]12. The van der Waals surface area contributed by atoms with Gasteiger partial charge in [-0.1, -0.05) is 60.7 Å². The van der Waals surface area contributed by atoms with Crippen molar-refractivity contribution >= 4 is 10.9 Å². The van der Waals surface area contributed by atoms with Crippen molar-refractivity contribution in [3.8, 4) is 0 Å². The lowest BCUT2D eigenvalue weighted by Gasteiger charge is -2.22. The third kappa shape index (κ3) is 3.74. The molecule has 2 saturated heterocycles. The summed E-state index contributed by atoms with van der Waals surface area (Å²) in [6.45, 7) is 5.31. The van der Waals surface area contributed by atoms with Gasteiger partial charge in [-0.25, -0.2) is 0 Å². The van der Waals surface area contributed by atoms with E-state index in [0.29, 0.717) is 19.6 Å². The zero-order chi connectivity index (χ0) is 17.9. The highest BCUT2D eigenvalue weighted by Crippen LogP contribution is 2.43. The highest BCUT2D eigenvalue weighted by Gasteiger charge is 2.61. The quantitative estimate of drug-likeness (QED) is 0.793. The topological polar surface area (TPSA) is 38.7 Å². The number of benzene rings is 2. The van der Waals surface area contributed by atoms with Gasteiger partial charge in [0, 0.05) is 17.3 Å². The summed E-state index contributed by atoms with van der Waals surface area (Å²) in [6, 6.07) is 20.4. The lowest BCUT2D eigenvalue weighted by atomic mass is 10.0. The molecule has 2 aliphatic heterocycles. The Hall–Kier alpha value is -1.59. The van der Waals surface area contributed by atoms with Crippen molar-refractivity contribution in [3.05, 3.63) is 83.3 Å². The van der Waals surface area contributed by atoms with Gasteiger partial charge < -0.3 is 14.6 Å². The predicted octanol–water partition coefficient (Wildman–Crippen LogP) is 3.44. The fraction of sp³-hybridized carbons (Fsp3) is 0.364. The van der Waals surface area contributed by atoms with Crippen LogP contribution in [0.3, 0.4) is 0 Å². The molecule has 0 aliphatic carbocycles. The van der Waals surface area contributed by atoms with Crippen molar-refractivity contribution in [2.75, 3.05) is 5.75 Å². The van der Waals surface area contributed by atoms with E-state index in [-0.39, 0.29) is 34.5 Å². The first-order valence-corrected chi connectivity index (χ1v) is 10.5. The average Bonchev–Trinajstić information content (AvgIpc) is 3.17. The van der Waals surface area contributed by atoms with E-state index in [9.17, 15) is 5.11 Å². The van der Waals surface area contributed by atoms with Gasteiger partial charge in [0.1, 0.15) is 29.0 Å². The highest BCUT2D eigenvalue weighted by atomic mass is 32.2. The molecule has 2 aliphatic rings. The summed E-state index contributed by atoms with van der Waals surface area (Å²) in [6.07, 6.45) is 0.247. The van der Waals surface area contributed by atoms with Crippen molar-refractivity contribution in [3.63, 3.8) is 0 Å². The Morgan fingerprint density at radius 3 is 2.12 bits per heavy atom. The summed E-state index contributed by atoms with van der Waals surface area (Å²) in [5.74, 6) is 0.910. The Morgan fingerprint density at radius 2 is 1.50 bits per heavy atom. The fourth-order valence-corrected chi connectivity index (χ4v) is 6.74. The minimum Gasteiger partial charge on any atom is -0.387 e. The average molecular weight is 370 g/mol. The molecule has 3 nitrogen and oxygen atoms in total. The Morgan fingerprint density at radius 1 is 0.923 bits per heavy atom. The van der Waals surface area contributed by atoms with E-state index in [1.165, 1.54) is 4.91 Å². The van der Waals surface area contributed by atoms with Crippen LogP contribution in [0.2, 0.25) is 0 Å². The maximum absolute atomic E-state index is 10.6. The maximum atomic E-state index is 10.6. The lowest BCUT2D eigenvalue weighted by molar-refractivity contribution is -0.0799. The number of ether oxygens (including phenoxy) is 2. The van der Waals surface area contributed by atoms with E-state index in [1.807, 2.05) is 36.4 Å². The molecule has 2 aromatic carbocycles. The van der Waals surface area contributed by atoms with Gasteiger partial charge in [0.15, 0.2) is 5.25 Å². The molecule has 2 heterocycles. The van der Waals surface area contributed by atoms with Crippen LogP contribution in [0.4, 0.5) is 0 Å². The second kappa shape index (κ2) is 7.97. The van der Waals surface area contributed by atoms with Crippen molar-refractivity contribution in [2.45, 2.75) is 43.2 Å². The van der Waals surface area contributed by atoms with Crippen molar-refractivity contribution in [1.82, 2.24) is 0 Å². The molecule has 1 unspecified atom stereocenters. The van der Waals surface area contributed by atoms with Gasteiger partial charge in [-0.05, 0) is 17.7 Å². The van der Waals surface area contributed by atoms with Crippen LogP contribution in [0.25, 0.3) is 0 Å². The Balaban J connectivity index is 1.46. The van der Waals surface area contributed by atoms with E-state index in [2.05, 4.69) is 30.8 Å². The second-order valence-corrected chi connectivity index (χ2v) is 9.28. The number of aliphatic hydroxyl groups excluding tert-OH is 1. The van der Waals surface area contributed by atoms with E-state index >= 15 is 0 Å². The van der Waals surface area contributed by atoms with Crippen LogP contribution < -0.4 is 0 Å². The number of aliphatic hydroxyl groups is 1. The zero-order valence-electron chi connectivity index (χ0n) is 14.8. The summed E-state index contributed by atoms with van der Waals surface area (Å²) in [5.41, 5.74) is 2.31. The van der Waals surface area contributed by atoms with Crippen LogP contribution >= 0.6 is 0 Å². The van der Waals surface area contributed by atoms with Crippen LogP contribution in [-0.2, 0) is 33.6 Å². The number of hydrogen-bond acceptors (Lipinski definition) is 3. The maximum Gasteiger partial charge on any atom is 0.178 e. The summed E-state index contributed by atoms with van der Waals surface area (Å²) >= 11 is 0. The van der Waals surface area contributed by atoms with Gasteiger partial charge in [-0.15, -0.1) is 0 Å². The molecule has 4 heteroatoms. The predicted molar refractivity (Wildman–Crippen MR) is 106 cm³/mol. The second-order valence-electron chi connectivity index (χ2n) is 6.97. The van der Waals surface area contributed by atoms with Gasteiger partial charge in [0.05, 0.1) is 13.2 Å². The standard InChI is InChI=1S/C22H25O3S/c1-16-12-19(23)22-21(25-14-18-10-6-3-7-11-18)20(15-26(16)22)24-13-17-8-4-2-5-9-17/h2-11,19-23H,1,12-15H2/q+1/t19-,20+,21-,22+,26?/m0/s1. The minimum absolute atomic E-state index is 0.000971. The molecule has 0 saturated carbocycles. The fourth-order valence-electron chi connectivity index (χ4n) is 3.82. The van der Waals surface area contributed by atoms with Crippen LogP contribution in [-0.4, -0.2) is 34.4 Å². The molecule has 4 rings (SSSR count). The molecule has 0 radical (unpaired) electrons. The molecular formula is C22H25O3S+.